The van der Waals surface area contributed by atoms with E-state index in [-0.39, 0.29) is 23.5 Å². The molecule has 0 saturated carbocycles. The van der Waals surface area contributed by atoms with Crippen LogP contribution in [0.3, 0.4) is 0 Å². The summed E-state index contributed by atoms with van der Waals surface area (Å²) in [5.74, 6) is 0.0597. The molecule has 2 aromatic rings. The Balaban J connectivity index is 1.90. The van der Waals surface area contributed by atoms with Gasteiger partial charge in [0.25, 0.3) is 5.91 Å². The quantitative estimate of drug-likeness (QED) is 0.796. The van der Waals surface area contributed by atoms with Gasteiger partial charge in [-0.05, 0) is 30.4 Å². The van der Waals surface area contributed by atoms with E-state index < -0.39 is 9.84 Å². The number of unbranched alkanes of at least 4 members (excludes halogenated alkanes) is 1. The summed E-state index contributed by atoms with van der Waals surface area (Å²) in [5.41, 5.74) is 1.16. The molecule has 2 aromatic heterocycles. The van der Waals surface area contributed by atoms with Crippen LogP contribution in [0.15, 0.2) is 23.6 Å². The van der Waals surface area contributed by atoms with Gasteiger partial charge in [0.15, 0.2) is 15.5 Å². The zero-order chi connectivity index (χ0) is 17.2. The lowest BCUT2D eigenvalue weighted by Gasteiger charge is -2.12. The van der Waals surface area contributed by atoms with E-state index in [1.807, 2.05) is 17.5 Å². The second-order valence-corrected chi connectivity index (χ2v) is 9.18. The highest BCUT2D eigenvalue weighted by molar-refractivity contribution is 7.91. The van der Waals surface area contributed by atoms with Crippen LogP contribution in [-0.4, -0.2) is 42.2 Å². The summed E-state index contributed by atoms with van der Waals surface area (Å²) in [4.78, 5) is 13.3. The summed E-state index contributed by atoms with van der Waals surface area (Å²) >= 11 is 1.55. The highest BCUT2D eigenvalue weighted by Gasteiger charge is 2.32. The molecule has 1 fully saturated rings. The zero-order valence-corrected chi connectivity index (χ0v) is 15.2. The maximum Gasteiger partial charge on any atom is 0.271 e. The normalized spacial score (nSPS) is 19.5. The van der Waals surface area contributed by atoms with Crippen molar-refractivity contribution in [3.63, 3.8) is 0 Å². The van der Waals surface area contributed by atoms with Crippen molar-refractivity contribution in [2.45, 2.75) is 32.2 Å². The molecular weight excluding hydrogens is 346 g/mol. The molecule has 3 heterocycles. The molecule has 1 aliphatic rings. The van der Waals surface area contributed by atoms with Crippen LogP contribution in [-0.2, 0) is 9.84 Å². The molecule has 8 heteroatoms. The van der Waals surface area contributed by atoms with Crippen LogP contribution < -0.4 is 5.32 Å². The van der Waals surface area contributed by atoms with Crippen molar-refractivity contribution in [3.8, 4) is 10.6 Å². The average Bonchev–Trinajstić information content (AvgIpc) is 3.24. The van der Waals surface area contributed by atoms with E-state index in [0.717, 1.165) is 23.4 Å². The molecule has 0 aromatic carbocycles. The third-order valence-corrected chi connectivity index (χ3v) is 6.75. The Kier molecular flexibility index (Phi) is 5.05. The highest BCUT2D eigenvalue weighted by Crippen LogP contribution is 2.32. The number of sulfone groups is 1. The van der Waals surface area contributed by atoms with Gasteiger partial charge in [-0.15, -0.1) is 11.3 Å². The molecule has 0 unspecified atom stereocenters. The first-order chi connectivity index (χ1) is 11.5. The van der Waals surface area contributed by atoms with Crippen LogP contribution in [0.4, 0.5) is 0 Å². The average molecular weight is 367 g/mol. The van der Waals surface area contributed by atoms with Gasteiger partial charge in [0, 0.05) is 6.54 Å². The Labute approximate surface area is 145 Å². The summed E-state index contributed by atoms with van der Waals surface area (Å²) in [6.07, 6.45) is 2.47. The fraction of sp³-hybridized carbons (Fsp3) is 0.500. The van der Waals surface area contributed by atoms with Gasteiger partial charge in [0.05, 0.1) is 28.1 Å². The van der Waals surface area contributed by atoms with E-state index in [1.54, 1.807) is 22.1 Å². The number of thiophene rings is 1. The Hall–Kier alpha value is -1.67. The van der Waals surface area contributed by atoms with Crippen LogP contribution in [0.5, 0.6) is 0 Å². The molecule has 1 N–H and O–H groups in total. The van der Waals surface area contributed by atoms with Crippen molar-refractivity contribution in [1.29, 1.82) is 0 Å². The maximum absolute atomic E-state index is 12.3. The predicted molar refractivity (Wildman–Crippen MR) is 95.1 cm³/mol. The summed E-state index contributed by atoms with van der Waals surface area (Å²) < 4.78 is 25.3. The minimum Gasteiger partial charge on any atom is -0.351 e. The summed E-state index contributed by atoms with van der Waals surface area (Å²) in [5, 5.41) is 9.26. The van der Waals surface area contributed by atoms with Gasteiger partial charge >= 0.3 is 0 Å². The van der Waals surface area contributed by atoms with E-state index in [4.69, 9.17) is 0 Å². The Morgan fingerprint density at radius 3 is 2.96 bits per heavy atom. The first-order valence-electron chi connectivity index (χ1n) is 8.12. The van der Waals surface area contributed by atoms with E-state index >= 15 is 0 Å². The number of hydrogen-bond donors (Lipinski definition) is 1. The van der Waals surface area contributed by atoms with Crippen molar-refractivity contribution in [2.75, 3.05) is 18.1 Å². The van der Waals surface area contributed by atoms with Crippen molar-refractivity contribution in [3.05, 3.63) is 29.3 Å². The Morgan fingerprint density at radius 1 is 1.50 bits per heavy atom. The fourth-order valence-electron chi connectivity index (χ4n) is 2.83. The van der Waals surface area contributed by atoms with Gasteiger partial charge in [-0.1, -0.05) is 19.4 Å². The van der Waals surface area contributed by atoms with Crippen LogP contribution in [0.1, 0.15) is 42.7 Å². The van der Waals surface area contributed by atoms with Crippen molar-refractivity contribution < 1.29 is 13.2 Å². The van der Waals surface area contributed by atoms with Crippen molar-refractivity contribution in [2.24, 2.45) is 0 Å². The van der Waals surface area contributed by atoms with Gasteiger partial charge in [0.1, 0.15) is 0 Å². The molecule has 24 heavy (non-hydrogen) atoms. The highest BCUT2D eigenvalue weighted by atomic mass is 32.2. The Bertz CT molecular complexity index is 810. The lowest BCUT2D eigenvalue weighted by Crippen LogP contribution is -2.25. The SMILES string of the molecule is CCCCNC(=O)c1cc(-c2cccs2)n([C@H]2CCS(=O)(=O)C2)n1. The number of aromatic nitrogens is 2. The molecule has 0 aliphatic carbocycles. The van der Waals surface area contributed by atoms with E-state index in [1.165, 1.54) is 0 Å². The third-order valence-electron chi connectivity index (χ3n) is 4.11. The molecule has 6 nitrogen and oxygen atoms in total. The number of carbonyl (C=O) groups is 1. The van der Waals surface area contributed by atoms with Gasteiger partial charge in [-0.25, -0.2) is 8.42 Å². The fourth-order valence-corrected chi connectivity index (χ4v) is 5.26. The summed E-state index contributed by atoms with van der Waals surface area (Å²) in [6.45, 7) is 2.69. The minimum absolute atomic E-state index is 0.0873. The van der Waals surface area contributed by atoms with Gasteiger partial charge < -0.3 is 5.32 Å². The van der Waals surface area contributed by atoms with Crippen LogP contribution >= 0.6 is 11.3 Å². The predicted octanol–water partition coefficient (Wildman–Crippen LogP) is 2.50. The molecule has 0 spiro atoms. The van der Waals surface area contributed by atoms with Crippen LogP contribution in [0, 0.1) is 0 Å². The zero-order valence-electron chi connectivity index (χ0n) is 13.6. The van der Waals surface area contributed by atoms with Crippen LogP contribution in [0.2, 0.25) is 0 Å². The van der Waals surface area contributed by atoms with Crippen molar-refractivity contribution >= 4 is 27.1 Å². The molecule has 0 bridgehead atoms. The number of nitrogens with zero attached hydrogens (tertiary/aromatic N) is 2. The number of hydrogen-bond acceptors (Lipinski definition) is 5. The molecule has 1 atom stereocenters. The van der Waals surface area contributed by atoms with Gasteiger partial charge in [-0.3, -0.25) is 9.48 Å². The molecule has 0 radical (unpaired) electrons. The first kappa shape index (κ1) is 17.2. The number of nitrogens with one attached hydrogen (secondary N) is 1. The van der Waals surface area contributed by atoms with Crippen LogP contribution in [0.25, 0.3) is 10.6 Å². The van der Waals surface area contributed by atoms with Crippen molar-refractivity contribution in [1.82, 2.24) is 15.1 Å². The standard InChI is InChI=1S/C16H21N3O3S2/c1-2-3-7-17-16(20)13-10-14(15-5-4-8-23-15)19(18-13)12-6-9-24(21,22)11-12/h4-5,8,10,12H,2-3,6-7,9,11H2,1H3,(H,17,20)/t12-/m0/s1. The van der Waals surface area contributed by atoms with E-state index in [9.17, 15) is 13.2 Å². The lowest BCUT2D eigenvalue weighted by molar-refractivity contribution is 0.0947. The molecule has 1 saturated heterocycles. The van der Waals surface area contributed by atoms with Gasteiger partial charge in [-0.2, -0.15) is 5.10 Å². The first-order valence-corrected chi connectivity index (χ1v) is 10.8. The Morgan fingerprint density at radius 2 is 2.33 bits per heavy atom. The lowest BCUT2D eigenvalue weighted by atomic mass is 10.2. The summed E-state index contributed by atoms with van der Waals surface area (Å²) in [6, 6.07) is 5.45. The largest absolute Gasteiger partial charge is 0.351 e. The second kappa shape index (κ2) is 7.06. The number of carbonyl (C=O) groups excluding carboxylic acids is 1. The smallest absolute Gasteiger partial charge is 0.271 e. The van der Waals surface area contributed by atoms with E-state index in [2.05, 4.69) is 17.3 Å². The maximum atomic E-state index is 12.3. The summed E-state index contributed by atoms with van der Waals surface area (Å²) in [7, 11) is -3.02. The monoisotopic (exact) mass is 367 g/mol. The van der Waals surface area contributed by atoms with Gasteiger partial charge in [0.2, 0.25) is 0 Å². The minimum atomic E-state index is -3.02. The third kappa shape index (κ3) is 3.70. The number of rotatable bonds is 6. The number of amides is 1. The molecule has 1 aliphatic heterocycles. The molecule has 3 rings (SSSR count). The molecule has 130 valence electrons. The topological polar surface area (TPSA) is 81.1 Å². The van der Waals surface area contributed by atoms with E-state index in [0.29, 0.717) is 18.7 Å². The molecule has 1 amide bonds. The second-order valence-electron chi connectivity index (χ2n) is 6.00. The molecular formula is C16H21N3O3S2.